The third-order valence-electron chi connectivity index (χ3n) is 4.19. The van der Waals surface area contributed by atoms with E-state index in [0.717, 1.165) is 16.9 Å². The van der Waals surface area contributed by atoms with E-state index in [0.29, 0.717) is 17.2 Å². The van der Waals surface area contributed by atoms with Crippen molar-refractivity contribution in [3.63, 3.8) is 0 Å². The molecule has 7 heteroatoms. The van der Waals surface area contributed by atoms with Crippen molar-refractivity contribution in [2.24, 2.45) is 0 Å². The van der Waals surface area contributed by atoms with Gasteiger partial charge in [-0.25, -0.2) is 4.98 Å². The van der Waals surface area contributed by atoms with Gasteiger partial charge in [-0.15, -0.1) is 10.2 Å². The number of hydrogen-bond donors (Lipinski definition) is 1. The number of benzene rings is 1. The number of pyridine rings is 2. The minimum absolute atomic E-state index is 0.275. The summed E-state index contributed by atoms with van der Waals surface area (Å²) in [6.07, 6.45) is 4.88. The van der Waals surface area contributed by atoms with Crippen molar-refractivity contribution in [2.75, 3.05) is 5.73 Å². The Bertz CT molecular complexity index is 1090. The van der Waals surface area contributed by atoms with Crippen LogP contribution in [0.5, 0.6) is 11.5 Å². The smallest absolute Gasteiger partial charge is 0.252 e. The zero-order valence-electron chi connectivity index (χ0n) is 14.9. The van der Waals surface area contributed by atoms with Crippen LogP contribution in [0.3, 0.4) is 0 Å². The van der Waals surface area contributed by atoms with Gasteiger partial charge in [-0.1, -0.05) is 6.07 Å². The van der Waals surface area contributed by atoms with E-state index in [-0.39, 0.29) is 11.7 Å². The molecule has 134 valence electrons. The molecule has 3 heterocycles. The molecule has 0 saturated heterocycles. The Morgan fingerprint density at radius 1 is 0.889 bits per heavy atom. The summed E-state index contributed by atoms with van der Waals surface area (Å²) in [7, 11) is 0. The van der Waals surface area contributed by atoms with Gasteiger partial charge >= 0.3 is 0 Å². The second-order valence-electron chi connectivity index (χ2n) is 6.10. The molecule has 0 bridgehead atoms. The summed E-state index contributed by atoms with van der Waals surface area (Å²) in [4.78, 5) is 8.17. The number of aromatic nitrogens is 4. The summed E-state index contributed by atoms with van der Waals surface area (Å²) >= 11 is 0. The largest absolute Gasteiger partial charge is 0.456 e. The molecule has 1 aromatic carbocycles. The molecule has 0 unspecified atom stereocenters. The van der Waals surface area contributed by atoms with Crippen LogP contribution in [0.1, 0.15) is 11.1 Å². The maximum atomic E-state index is 6.00. The SMILES string of the molecule is Cc1ccc(Oc2cnc(N)c(-c3nnc(-c4ccncc4)o3)c2)cc1C. The van der Waals surface area contributed by atoms with Gasteiger partial charge in [0.1, 0.15) is 17.3 Å². The van der Waals surface area contributed by atoms with Crippen molar-refractivity contribution in [3.05, 3.63) is 66.1 Å². The highest BCUT2D eigenvalue weighted by atomic mass is 16.5. The van der Waals surface area contributed by atoms with Crippen LogP contribution >= 0.6 is 0 Å². The molecule has 0 aliphatic carbocycles. The lowest BCUT2D eigenvalue weighted by Crippen LogP contribution is -1.96. The second-order valence-corrected chi connectivity index (χ2v) is 6.10. The van der Waals surface area contributed by atoms with Gasteiger partial charge < -0.3 is 14.9 Å². The van der Waals surface area contributed by atoms with Gasteiger partial charge in [0.2, 0.25) is 5.89 Å². The van der Waals surface area contributed by atoms with Crippen LogP contribution in [0.15, 0.2) is 59.4 Å². The molecule has 4 rings (SSSR count). The summed E-state index contributed by atoms with van der Waals surface area (Å²) in [6.45, 7) is 4.09. The van der Waals surface area contributed by atoms with Crippen LogP contribution in [0, 0.1) is 13.8 Å². The number of hydrogen-bond acceptors (Lipinski definition) is 7. The molecule has 0 aliphatic heterocycles. The van der Waals surface area contributed by atoms with Crippen LogP contribution in [-0.4, -0.2) is 20.2 Å². The first-order valence-electron chi connectivity index (χ1n) is 8.35. The average Bonchev–Trinajstić information content (AvgIpc) is 3.17. The maximum Gasteiger partial charge on any atom is 0.252 e. The first-order valence-corrected chi connectivity index (χ1v) is 8.35. The van der Waals surface area contributed by atoms with Gasteiger partial charge in [-0.2, -0.15) is 0 Å². The second kappa shape index (κ2) is 6.87. The summed E-state index contributed by atoms with van der Waals surface area (Å²) in [5.74, 6) is 2.20. The van der Waals surface area contributed by atoms with Gasteiger partial charge in [-0.05, 0) is 55.3 Å². The quantitative estimate of drug-likeness (QED) is 0.583. The Kier molecular flexibility index (Phi) is 4.25. The van der Waals surface area contributed by atoms with E-state index < -0.39 is 0 Å². The number of ether oxygens (including phenoxy) is 1. The van der Waals surface area contributed by atoms with Gasteiger partial charge in [0.15, 0.2) is 0 Å². The highest BCUT2D eigenvalue weighted by Crippen LogP contribution is 2.31. The maximum absolute atomic E-state index is 6.00. The van der Waals surface area contributed by atoms with E-state index in [1.165, 1.54) is 5.56 Å². The first kappa shape index (κ1) is 16.7. The van der Waals surface area contributed by atoms with Gasteiger partial charge in [0.25, 0.3) is 5.89 Å². The van der Waals surface area contributed by atoms with Crippen LogP contribution in [0.4, 0.5) is 5.82 Å². The van der Waals surface area contributed by atoms with Crippen molar-refractivity contribution in [1.82, 2.24) is 20.2 Å². The molecule has 27 heavy (non-hydrogen) atoms. The monoisotopic (exact) mass is 359 g/mol. The van der Waals surface area contributed by atoms with Crippen LogP contribution in [0.25, 0.3) is 22.9 Å². The lowest BCUT2D eigenvalue weighted by molar-refractivity contribution is 0.479. The zero-order valence-corrected chi connectivity index (χ0v) is 14.9. The summed E-state index contributed by atoms with van der Waals surface area (Å²) in [5, 5.41) is 8.16. The Labute approximate surface area is 155 Å². The van der Waals surface area contributed by atoms with Gasteiger partial charge in [0.05, 0.1) is 11.8 Å². The highest BCUT2D eigenvalue weighted by Gasteiger charge is 2.15. The van der Waals surface area contributed by atoms with Gasteiger partial charge in [-0.3, -0.25) is 4.98 Å². The summed E-state index contributed by atoms with van der Waals surface area (Å²) in [6, 6.07) is 11.2. The molecule has 0 spiro atoms. The average molecular weight is 359 g/mol. The molecular weight excluding hydrogens is 342 g/mol. The minimum atomic E-state index is 0.275. The van der Waals surface area contributed by atoms with Crippen LogP contribution in [-0.2, 0) is 0 Å². The molecule has 4 aromatic rings. The number of rotatable bonds is 4. The Morgan fingerprint density at radius 3 is 2.44 bits per heavy atom. The van der Waals surface area contributed by atoms with E-state index >= 15 is 0 Å². The fraction of sp³-hybridized carbons (Fsp3) is 0.100. The third-order valence-corrected chi connectivity index (χ3v) is 4.19. The van der Waals surface area contributed by atoms with E-state index in [9.17, 15) is 0 Å². The van der Waals surface area contributed by atoms with Crippen molar-refractivity contribution < 1.29 is 9.15 Å². The number of nitrogens with zero attached hydrogens (tertiary/aromatic N) is 4. The van der Waals surface area contributed by atoms with Crippen molar-refractivity contribution in [2.45, 2.75) is 13.8 Å². The van der Waals surface area contributed by atoms with E-state index in [1.54, 1.807) is 36.8 Å². The van der Waals surface area contributed by atoms with E-state index in [2.05, 4.69) is 27.1 Å². The minimum Gasteiger partial charge on any atom is -0.456 e. The molecular formula is C20H17N5O2. The molecule has 0 radical (unpaired) electrons. The Hall–Kier alpha value is -3.74. The predicted molar refractivity (Wildman–Crippen MR) is 101 cm³/mol. The fourth-order valence-corrected chi connectivity index (χ4v) is 2.54. The lowest BCUT2D eigenvalue weighted by atomic mass is 10.1. The van der Waals surface area contributed by atoms with E-state index in [1.807, 2.05) is 25.1 Å². The Morgan fingerprint density at radius 2 is 1.67 bits per heavy atom. The number of nitrogen functional groups attached to an aromatic ring is 1. The number of nitrogens with two attached hydrogens (primary N) is 1. The molecule has 0 atom stereocenters. The van der Waals surface area contributed by atoms with Gasteiger partial charge in [0, 0.05) is 18.0 Å². The lowest BCUT2D eigenvalue weighted by Gasteiger charge is -2.09. The highest BCUT2D eigenvalue weighted by molar-refractivity contribution is 5.69. The Balaban J connectivity index is 1.65. The topological polar surface area (TPSA) is 100.0 Å². The zero-order chi connectivity index (χ0) is 18.8. The molecule has 0 fully saturated rings. The first-order chi connectivity index (χ1) is 13.1. The van der Waals surface area contributed by atoms with E-state index in [4.69, 9.17) is 14.9 Å². The summed E-state index contributed by atoms with van der Waals surface area (Å²) < 4.78 is 11.7. The molecule has 0 saturated carbocycles. The number of aryl methyl sites for hydroxylation is 2. The molecule has 0 amide bonds. The molecule has 2 N–H and O–H groups in total. The van der Waals surface area contributed by atoms with Crippen molar-refractivity contribution >= 4 is 5.82 Å². The fourth-order valence-electron chi connectivity index (χ4n) is 2.54. The number of anilines is 1. The van der Waals surface area contributed by atoms with Crippen molar-refractivity contribution in [1.29, 1.82) is 0 Å². The predicted octanol–water partition coefficient (Wildman–Crippen LogP) is 4.18. The molecule has 7 nitrogen and oxygen atoms in total. The normalized spacial score (nSPS) is 10.7. The molecule has 0 aliphatic rings. The summed E-state index contributed by atoms with van der Waals surface area (Å²) in [5.41, 5.74) is 9.65. The van der Waals surface area contributed by atoms with Crippen LogP contribution in [0.2, 0.25) is 0 Å². The molecule has 3 aromatic heterocycles. The van der Waals surface area contributed by atoms with Crippen molar-refractivity contribution in [3.8, 4) is 34.4 Å². The third kappa shape index (κ3) is 3.48. The standard InChI is InChI=1S/C20H17N5O2/c1-12-3-4-15(9-13(12)2)26-16-10-17(18(21)23-11-16)20-25-24-19(27-20)14-5-7-22-8-6-14/h3-11H,1-2H3,(H2,21,23). The van der Waals surface area contributed by atoms with Crippen LogP contribution < -0.4 is 10.5 Å².